The Morgan fingerprint density at radius 2 is 1.72 bits per heavy atom. The van der Waals surface area contributed by atoms with Gasteiger partial charge < -0.3 is 14.5 Å². The highest BCUT2D eigenvalue weighted by molar-refractivity contribution is 8.00. The molecule has 0 spiro atoms. The normalized spacial score (nSPS) is 11.7. The van der Waals surface area contributed by atoms with Crippen LogP contribution in [0.2, 0.25) is 0 Å². The van der Waals surface area contributed by atoms with Gasteiger partial charge in [0, 0.05) is 11.3 Å². The maximum Gasteiger partial charge on any atom is 0.277 e. The lowest BCUT2D eigenvalue weighted by Gasteiger charge is -2.11. The predicted octanol–water partition coefficient (Wildman–Crippen LogP) is 5.74. The number of thioether (sulfide) groups is 1. The summed E-state index contributed by atoms with van der Waals surface area (Å²) in [7, 11) is 0. The van der Waals surface area contributed by atoms with E-state index in [2.05, 4.69) is 15.5 Å². The molecule has 1 N–H and O–H groups in total. The molecule has 0 saturated heterocycles. The Labute approximate surface area is 191 Å². The minimum atomic E-state index is -0.407. The van der Waals surface area contributed by atoms with Crippen molar-refractivity contribution in [3.05, 3.63) is 90.0 Å². The summed E-state index contributed by atoms with van der Waals surface area (Å²) in [6.45, 7) is 4.31. The molecule has 1 atom stereocenters. The van der Waals surface area contributed by atoms with E-state index in [1.54, 1.807) is 6.92 Å². The number of carbonyl (C=O) groups excluding carboxylic acids is 1. The minimum Gasteiger partial charge on any atom is -0.489 e. The summed E-state index contributed by atoms with van der Waals surface area (Å²) in [5, 5.41) is 11.0. The molecule has 0 fully saturated rings. The number of hydrogen-bond acceptors (Lipinski definition) is 6. The van der Waals surface area contributed by atoms with E-state index in [1.807, 2.05) is 85.8 Å². The molecule has 162 valence electrons. The highest BCUT2D eigenvalue weighted by Gasteiger charge is 2.19. The Morgan fingerprint density at radius 3 is 2.44 bits per heavy atom. The van der Waals surface area contributed by atoms with Gasteiger partial charge in [0.05, 0.1) is 5.25 Å². The zero-order valence-electron chi connectivity index (χ0n) is 17.8. The summed E-state index contributed by atoms with van der Waals surface area (Å²) in [6, 6.07) is 25.1. The third kappa shape index (κ3) is 5.76. The lowest BCUT2D eigenvalue weighted by atomic mass is 10.1. The van der Waals surface area contributed by atoms with E-state index >= 15 is 0 Å². The highest BCUT2D eigenvalue weighted by Crippen LogP contribution is 2.27. The van der Waals surface area contributed by atoms with E-state index in [4.69, 9.17) is 9.15 Å². The van der Waals surface area contributed by atoms with Crippen molar-refractivity contribution in [3.8, 4) is 17.2 Å². The van der Waals surface area contributed by atoms with Gasteiger partial charge in [-0.3, -0.25) is 4.79 Å². The number of carbonyl (C=O) groups is 1. The van der Waals surface area contributed by atoms with E-state index in [1.165, 1.54) is 11.8 Å². The molecule has 0 aliphatic rings. The van der Waals surface area contributed by atoms with Crippen molar-refractivity contribution in [2.45, 2.75) is 30.9 Å². The van der Waals surface area contributed by atoms with Crippen LogP contribution < -0.4 is 10.1 Å². The first-order chi connectivity index (χ1) is 15.6. The van der Waals surface area contributed by atoms with E-state index in [-0.39, 0.29) is 5.91 Å². The molecule has 1 aromatic heterocycles. The highest BCUT2D eigenvalue weighted by atomic mass is 32.2. The topological polar surface area (TPSA) is 77.2 Å². The summed E-state index contributed by atoms with van der Waals surface area (Å²) >= 11 is 1.22. The van der Waals surface area contributed by atoms with E-state index in [9.17, 15) is 4.79 Å². The second-order valence-electron chi connectivity index (χ2n) is 7.29. The predicted molar refractivity (Wildman–Crippen MR) is 126 cm³/mol. The summed E-state index contributed by atoms with van der Waals surface area (Å²) in [6.07, 6.45) is 0. The van der Waals surface area contributed by atoms with Gasteiger partial charge in [-0.05, 0) is 55.8 Å². The smallest absolute Gasteiger partial charge is 0.277 e. The van der Waals surface area contributed by atoms with Crippen LogP contribution in [0.3, 0.4) is 0 Å². The van der Waals surface area contributed by atoms with Crippen LogP contribution in [0.1, 0.15) is 18.1 Å². The van der Waals surface area contributed by atoms with E-state index < -0.39 is 5.25 Å². The van der Waals surface area contributed by atoms with Crippen LogP contribution in [-0.2, 0) is 11.4 Å². The Hall–Kier alpha value is -3.58. The van der Waals surface area contributed by atoms with Crippen molar-refractivity contribution >= 4 is 23.4 Å². The van der Waals surface area contributed by atoms with Crippen molar-refractivity contribution in [1.29, 1.82) is 0 Å². The van der Waals surface area contributed by atoms with Crippen LogP contribution in [0.5, 0.6) is 5.75 Å². The maximum atomic E-state index is 12.6. The number of ether oxygens (including phenoxy) is 1. The molecule has 1 amide bonds. The van der Waals surface area contributed by atoms with Crippen LogP contribution in [0.4, 0.5) is 5.69 Å². The van der Waals surface area contributed by atoms with Crippen LogP contribution in [-0.4, -0.2) is 21.4 Å². The second kappa shape index (κ2) is 10.2. The number of amides is 1. The van der Waals surface area contributed by atoms with Gasteiger partial charge in [0.25, 0.3) is 5.22 Å². The average Bonchev–Trinajstić information content (AvgIpc) is 3.28. The van der Waals surface area contributed by atoms with Gasteiger partial charge in [0.2, 0.25) is 11.8 Å². The fourth-order valence-electron chi connectivity index (χ4n) is 2.89. The Morgan fingerprint density at radius 1 is 1.00 bits per heavy atom. The number of nitrogens with one attached hydrogen (secondary N) is 1. The Kier molecular flexibility index (Phi) is 6.87. The van der Waals surface area contributed by atoms with Crippen molar-refractivity contribution in [2.75, 3.05) is 5.32 Å². The molecular formula is C25H23N3O3S. The van der Waals surface area contributed by atoms with Crippen molar-refractivity contribution < 1.29 is 13.9 Å². The van der Waals surface area contributed by atoms with Gasteiger partial charge in [-0.25, -0.2) is 0 Å². The molecule has 1 heterocycles. The molecule has 6 nitrogen and oxygen atoms in total. The third-order valence-corrected chi connectivity index (χ3v) is 5.66. The zero-order chi connectivity index (χ0) is 22.3. The van der Waals surface area contributed by atoms with Gasteiger partial charge in [-0.15, -0.1) is 10.2 Å². The molecular weight excluding hydrogens is 422 g/mol. The molecule has 3 aromatic carbocycles. The van der Waals surface area contributed by atoms with Crippen LogP contribution in [0.25, 0.3) is 11.5 Å². The number of aromatic nitrogens is 2. The van der Waals surface area contributed by atoms with Crippen LogP contribution in [0.15, 0.2) is 88.5 Å². The molecule has 4 aromatic rings. The van der Waals surface area contributed by atoms with Gasteiger partial charge in [-0.1, -0.05) is 59.8 Å². The number of anilines is 1. The summed E-state index contributed by atoms with van der Waals surface area (Å²) in [5.74, 6) is 1.03. The lowest BCUT2D eigenvalue weighted by molar-refractivity contribution is -0.115. The largest absolute Gasteiger partial charge is 0.489 e. The van der Waals surface area contributed by atoms with Crippen LogP contribution >= 0.6 is 11.8 Å². The molecule has 4 rings (SSSR count). The first kappa shape index (κ1) is 21.6. The average molecular weight is 446 g/mol. The first-order valence-electron chi connectivity index (χ1n) is 10.2. The summed E-state index contributed by atoms with van der Waals surface area (Å²) in [4.78, 5) is 12.6. The SMILES string of the molecule is Cc1ccc(-c2nnc(SC(C)C(=O)Nc3ccc(OCc4ccccc4)cc3)o2)cc1. The number of aryl methyl sites for hydroxylation is 1. The van der Waals surface area contributed by atoms with Gasteiger partial charge >= 0.3 is 0 Å². The Balaban J connectivity index is 1.29. The van der Waals surface area contributed by atoms with Crippen molar-refractivity contribution in [2.24, 2.45) is 0 Å². The zero-order valence-corrected chi connectivity index (χ0v) is 18.6. The van der Waals surface area contributed by atoms with Gasteiger partial charge in [0.15, 0.2) is 0 Å². The molecule has 1 unspecified atom stereocenters. The molecule has 0 bridgehead atoms. The van der Waals surface area contributed by atoms with E-state index in [0.717, 1.165) is 22.4 Å². The number of benzene rings is 3. The molecule has 0 aliphatic heterocycles. The number of rotatable bonds is 8. The first-order valence-corrected chi connectivity index (χ1v) is 11.1. The fraction of sp³-hybridized carbons (Fsp3) is 0.160. The molecule has 0 aliphatic carbocycles. The minimum absolute atomic E-state index is 0.150. The van der Waals surface area contributed by atoms with E-state index in [0.29, 0.717) is 23.4 Å². The van der Waals surface area contributed by atoms with Crippen LogP contribution in [0, 0.1) is 6.92 Å². The maximum absolute atomic E-state index is 12.6. The number of hydrogen-bond donors (Lipinski definition) is 1. The lowest BCUT2D eigenvalue weighted by Crippen LogP contribution is -2.22. The molecule has 0 saturated carbocycles. The number of nitrogens with zero attached hydrogens (tertiary/aromatic N) is 2. The molecule has 32 heavy (non-hydrogen) atoms. The quantitative estimate of drug-likeness (QED) is 0.348. The second-order valence-corrected chi connectivity index (χ2v) is 8.58. The van der Waals surface area contributed by atoms with Gasteiger partial charge in [0.1, 0.15) is 12.4 Å². The Bertz CT molecular complexity index is 1160. The standard InChI is InChI=1S/C25H23N3O3S/c1-17-8-10-20(11-9-17)24-27-28-25(31-24)32-18(2)23(29)26-21-12-14-22(15-13-21)30-16-19-6-4-3-5-7-19/h3-15,18H,16H2,1-2H3,(H,26,29). The molecule has 0 radical (unpaired) electrons. The van der Waals surface area contributed by atoms with Gasteiger partial charge in [-0.2, -0.15) is 0 Å². The van der Waals surface area contributed by atoms with Crippen molar-refractivity contribution in [1.82, 2.24) is 10.2 Å². The summed E-state index contributed by atoms with van der Waals surface area (Å²) in [5.41, 5.74) is 3.80. The molecule has 7 heteroatoms. The monoisotopic (exact) mass is 445 g/mol. The summed E-state index contributed by atoms with van der Waals surface area (Å²) < 4.78 is 11.5. The van der Waals surface area contributed by atoms with Crippen molar-refractivity contribution in [3.63, 3.8) is 0 Å². The fourth-order valence-corrected chi connectivity index (χ4v) is 3.58. The third-order valence-electron chi connectivity index (χ3n) is 4.72.